The summed E-state index contributed by atoms with van der Waals surface area (Å²) >= 11 is 5.90. The molecule has 2 aromatic rings. The minimum atomic E-state index is -4.45. The van der Waals surface area contributed by atoms with Gasteiger partial charge in [0.2, 0.25) is 0 Å². The van der Waals surface area contributed by atoms with Gasteiger partial charge in [0, 0.05) is 25.5 Å². The number of halogens is 4. The number of benzene rings is 1. The van der Waals surface area contributed by atoms with E-state index < -0.39 is 11.7 Å². The van der Waals surface area contributed by atoms with Crippen molar-refractivity contribution >= 4 is 23.1 Å². The summed E-state index contributed by atoms with van der Waals surface area (Å²) in [4.78, 5) is 5.48. The van der Waals surface area contributed by atoms with E-state index in [2.05, 4.69) is 4.98 Å². The number of anilines is 2. The van der Waals surface area contributed by atoms with Crippen molar-refractivity contribution in [3.8, 4) is 0 Å². The van der Waals surface area contributed by atoms with Crippen LogP contribution in [0.5, 0.6) is 0 Å². The lowest BCUT2D eigenvalue weighted by molar-refractivity contribution is -0.137. The van der Waals surface area contributed by atoms with Gasteiger partial charge < -0.3 is 10.6 Å². The largest absolute Gasteiger partial charge is 0.417 e. The molecule has 0 aliphatic carbocycles. The van der Waals surface area contributed by atoms with Crippen molar-refractivity contribution in [1.29, 1.82) is 0 Å². The van der Waals surface area contributed by atoms with E-state index in [0.29, 0.717) is 18.1 Å². The highest BCUT2D eigenvalue weighted by atomic mass is 35.5. The first kappa shape index (κ1) is 15.4. The third kappa shape index (κ3) is 3.78. The van der Waals surface area contributed by atoms with Gasteiger partial charge in [-0.15, -0.1) is 0 Å². The maximum atomic E-state index is 12.6. The van der Waals surface area contributed by atoms with Crippen molar-refractivity contribution in [3.63, 3.8) is 0 Å². The Morgan fingerprint density at radius 2 is 1.86 bits per heavy atom. The SMILES string of the molecule is CN(Cc1ccc(N)cc1)c1ncc(C(F)(F)F)cc1Cl. The van der Waals surface area contributed by atoms with Gasteiger partial charge in [-0.25, -0.2) is 4.98 Å². The number of hydrogen-bond acceptors (Lipinski definition) is 3. The Hall–Kier alpha value is -1.95. The highest BCUT2D eigenvalue weighted by Crippen LogP contribution is 2.33. The van der Waals surface area contributed by atoms with Crippen LogP contribution in [0.3, 0.4) is 0 Å². The van der Waals surface area contributed by atoms with Gasteiger partial charge in [0.25, 0.3) is 0 Å². The number of alkyl halides is 3. The molecular formula is C14H13ClF3N3. The first-order valence-electron chi connectivity index (χ1n) is 6.05. The third-order valence-electron chi connectivity index (χ3n) is 2.91. The van der Waals surface area contributed by atoms with Crippen LogP contribution in [0, 0.1) is 0 Å². The first-order chi connectivity index (χ1) is 9.77. The fourth-order valence-corrected chi connectivity index (χ4v) is 2.15. The number of pyridine rings is 1. The second-order valence-corrected chi connectivity index (χ2v) is 5.03. The second kappa shape index (κ2) is 5.81. The summed E-state index contributed by atoms with van der Waals surface area (Å²) < 4.78 is 37.7. The summed E-state index contributed by atoms with van der Waals surface area (Å²) in [7, 11) is 1.71. The predicted molar refractivity (Wildman–Crippen MR) is 77.2 cm³/mol. The Kier molecular flexibility index (Phi) is 4.27. The molecule has 0 aliphatic heterocycles. The van der Waals surface area contributed by atoms with E-state index >= 15 is 0 Å². The van der Waals surface area contributed by atoms with Crippen LogP contribution in [0.1, 0.15) is 11.1 Å². The van der Waals surface area contributed by atoms with Gasteiger partial charge >= 0.3 is 6.18 Å². The molecule has 21 heavy (non-hydrogen) atoms. The molecule has 2 rings (SSSR count). The molecule has 2 N–H and O–H groups in total. The number of nitrogen functional groups attached to an aromatic ring is 1. The summed E-state index contributed by atoms with van der Waals surface area (Å²) in [5, 5.41) is -0.0391. The van der Waals surface area contributed by atoms with Crippen LogP contribution in [0.2, 0.25) is 5.02 Å². The van der Waals surface area contributed by atoms with Gasteiger partial charge in [-0.3, -0.25) is 0 Å². The van der Waals surface area contributed by atoms with E-state index in [1.165, 1.54) is 0 Å². The van der Waals surface area contributed by atoms with Gasteiger partial charge in [-0.05, 0) is 23.8 Å². The number of rotatable bonds is 3. The number of nitrogens with two attached hydrogens (primary N) is 1. The zero-order valence-corrected chi connectivity index (χ0v) is 11.9. The van der Waals surface area contributed by atoms with Gasteiger partial charge in [-0.1, -0.05) is 23.7 Å². The van der Waals surface area contributed by atoms with Crippen LogP contribution >= 0.6 is 11.6 Å². The van der Waals surface area contributed by atoms with E-state index in [1.807, 2.05) is 12.1 Å². The quantitative estimate of drug-likeness (QED) is 0.871. The van der Waals surface area contributed by atoms with E-state index in [9.17, 15) is 13.2 Å². The highest BCUT2D eigenvalue weighted by Gasteiger charge is 2.31. The third-order valence-corrected chi connectivity index (χ3v) is 3.19. The molecular weight excluding hydrogens is 303 g/mol. The zero-order valence-electron chi connectivity index (χ0n) is 11.2. The molecule has 0 fully saturated rings. The molecule has 0 bridgehead atoms. The van der Waals surface area contributed by atoms with E-state index in [4.69, 9.17) is 17.3 Å². The van der Waals surface area contributed by atoms with Gasteiger partial charge in [-0.2, -0.15) is 13.2 Å². The van der Waals surface area contributed by atoms with Crippen LogP contribution in [0.15, 0.2) is 36.5 Å². The summed E-state index contributed by atoms with van der Waals surface area (Å²) in [5.41, 5.74) is 6.33. The molecule has 0 unspecified atom stereocenters. The molecule has 0 amide bonds. The van der Waals surface area contributed by atoms with Crippen molar-refractivity contribution in [1.82, 2.24) is 4.98 Å². The van der Waals surface area contributed by atoms with Crippen LogP contribution < -0.4 is 10.6 Å². The fourth-order valence-electron chi connectivity index (χ4n) is 1.84. The monoisotopic (exact) mass is 315 g/mol. The minimum absolute atomic E-state index is 0.0391. The van der Waals surface area contributed by atoms with Crippen molar-refractivity contribution in [2.45, 2.75) is 12.7 Å². The van der Waals surface area contributed by atoms with E-state index in [0.717, 1.165) is 17.8 Å². The predicted octanol–water partition coefficient (Wildman–Crippen LogP) is 3.97. The number of hydrogen-bond donors (Lipinski definition) is 1. The Labute approximate surface area is 125 Å². The normalized spacial score (nSPS) is 11.5. The van der Waals surface area contributed by atoms with Crippen molar-refractivity contribution < 1.29 is 13.2 Å². The van der Waals surface area contributed by atoms with E-state index in [1.54, 1.807) is 24.1 Å². The first-order valence-corrected chi connectivity index (χ1v) is 6.43. The fraction of sp³-hybridized carbons (Fsp3) is 0.214. The van der Waals surface area contributed by atoms with Crippen LogP contribution in [-0.4, -0.2) is 12.0 Å². The standard InChI is InChI=1S/C14H13ClF3N3/c1-21(8-9-2-4-11(19)5-3-9)13-12(15)6-10(7-20-13)14(16,17)18/h2-7H,8,19H2,1H3. The van der Waals surface area contributed by atoms with Gasteiger partial charge in [0.15, 0.2) is 0 Å². The molecule has 7 heteroatoms. The second-order valence-electron chi connectivity index (χ2n) is 4.62. The van der Waals surface area contributed by atoms with Crippen LogP contribution in [0.25, 0.3) is 0 Å². The molecule has 0 aliphatic rings. The molecule has 1 aromatic heterocycles. The molecule has 3 nitrogen and oxygen atoms in total. The van der Waals surface area contributed by atoms with Gasteiger partial charge in [0.1, 0.15) is 5.82 Å². The van der Waals surface area contributed by atoms with Crippen molar-refractivity contribution in [2.75, 3.05) is 17.7 Å². The molecule has 0 radical (unpaired) electrons. The average Bonchev–Trinajstić information content (AvgIpc) is 2.40. The highest BCUT2D eigenvalue weighted by molar-refractivity contribution is 6.33. The summed E-state index contributed by atoms with van der Waals surface area (Å²) in [5.74, 6) is 0.293. The van der Waals surface area contributed by atoms with Gasteiger partial charge in [0.05, 0.1) is 10.6 Å². The molecule has 1 heterocycles. The number of aromatic nitrogens is 1. The van der Waals surface area contributed by atoms with Crippen LogP contribution in [0.4, 0.5) is 24.7 Å². The summed E-state index contributed by atoms with van der Waals surface area (Å²) in [6.07, 6.45) is -3.68. The van der Waals surface area contributed by atoms with Crippen LogP contribution in [-0.2, 0) is 12.7 Å². The summed E-state index contributed by atoms with van der Waals surface area (Å²) in [6.45, 7) is 0.457. The topological polar surface area (TPSA) is 42.1 Å². The maximum Gasteiger partial charge on any atom is 0.417 e. The van der Waals surface area contributed by atoms with E-state index in [-0.39, 0.29) is 5.02 Å². The molecule has 0 spiro atoms. The number of nitrogens with zero attached hydrogens (tertiary/aromatic N) is 2. The smallest absolute Gasteiger partial charge is 0.399 e. The average molecular weight is 316 g/mol. The molecule has 1 aromatic carbocycles. The Morgan fingerprint density at radius 1 is 1.24 bits per heavy atom. The maximum absolute atomic E-state index is 12.6. The molecule has 0 saturated carbocycles. The minimum Gasteiger partial charge on any atom is -0.399 e. The Bertz CT molecular complexity index is 626. The molecule has 0 atom stereocenters. The molecule has 0 saturated heterocycles. The lowest BCUT2D eigenvalue weighted by Crippen LogP contribution is -2.19. The Balaban J connectivity index is 2.19. The van der Waals surface area contributed by atoms with Crippen molar-refractivity contribution in [3.05, 3.63) is 52.7 Å². The van der Waals surface area contributed by atoms with Crippen molar-refractivity contribution in [2.24, 2.45) is 0 Å². The Morgan fingerprint density at radius 3 is 2.38 bits per heavy atom. The lowest BCUT2D eigenvalue weighted by Gasteiger charge is -2.20. The zero-order chi connectivity index (χ0) is 15.6. The lowest BCUT2D eigenvalue weighted by atomic mass is 10.2. The molecule has 112 valence electrons. The summed E-state index contributed by atoms with van der Waals surface area (Å²) in [6, 6.07) is 8.06.